The first-order valence-electron chi connectivity index (χ1n) is 7.57. The number of carbonyl (C=O) groups excluding carboxylic acids is 1. The average Bonchev–Trinajstić information content (AvgIpc) is 2.45. The van der Waals surface area contributed by atoms with Gasteiger partial charge in [-0.2, -0.15) is 13.2 Å². The topological polar surface area (TPSA) is 63.2 Å². The molecule has 1 aromatic heterocycles. The number of aromatic nitrogens is 1. The van der Waals surface area contributed by atoms with Crippen LogP contribution in [0, 0.1) is 5.92 Å². The Bertz CT molecular complexity index is 560. The molecule has 0 unspecified atom stereocenters. The van der Waals surface area contributed by atoms with Gasteiger partial charge in [-0.25, -0.2) is 14.2 Å². The molecule has 2 amide bonds. The molecule has 1 aliphatic carbocycles. The Morgan fingerprint density at radius 3 is 2.79 bits per heavy atom. The number of hydrogen-bond donors (Lipinski definition) is 2. The van der Waals surface area contributed by atoms with E-state index in [1.54, 1.807) is 12.1 Å². The van der Waals surface area contributed by atoms with Crippen LogP contribution in [0.2, 0.25) is 0 Å². The third kappa shape index (κ3) is 5.54. The van der Waals surface area contributed by atoms with Crippen LogP contribution in [0.25, 0.3) is 0 Å². The second-order valence-electron chi connectivity index (χ2n) is 5.83. The summed E-state index contributed by atoms with van der Waals surface area (Å²) >= 11 is 0. The predicted octanol–water partition coefficient (Wildman–Crippen LogP) is 2.96. The monoisotopic (exact) mass is 349 g/mol. The molecule has 0 aliphatic heterocycles. The van der Waals surface area contributed by atoms with Crippen molar-refractivity contribution in [3.05, 3.63) is 23.9 Å². The molecular weight excluding hydrogens is 330 g/mol. The molecule has 134 valence electrons. The summed E-state index contributed by atoms with van der Waals surface area (Å²) in [6.45, 7) is 1.40. The zero-order valence-corrected chi connectivity index (χ0v) is 13.1. The van der Waals surface area contributed by atoms with Crippen molar-refractivity contribution in [3.63, 3.8) is 0 Å². The molecule has 24 heavy (non-hydrogen) atoms. The predicted molar refractivity (Wildman–Crippen MR) is 78.2 cm³/mol. The largest absolute Gasteiger partial charge is 0.475 e. The quantitative estimate of drug-likeness (QED) is 0.776. The van der Waals surface area contributed by atoms with Gasteiger partial charge in [0.2, 0.25) is 5.88 Å². The number of nitrogens with zero attached hydrogens (tertiary/aromatic N) is 1. The molecule has 1 fully saturated rings. The molecule has 1 atom stereocenters. The first-order valence-corrected chi connectivity index (χ1v) is 7.57. The number of amides is 2. The molecule has 1 saturated carbocycles. The van der Waals surface area contributed by atoms with Crippen molar-refractivity contribution in [3.8, 4) is 5.88 Å². The lowest BCUT2D eigenvalue weighted by atomic mass is 9.80. The Morgan fingerprint density at radius 1 is 1.46 bits per heavy atom. The van der Waals surface area contributed by atoms with E-state index in [0.29, 0.717) is 5.56 Å². The first-order chi connectivity index (χ1) is 11.2. The lowest BCUT2D eigenvalue weighted by molar-refractivity contribution is -0.198. The van der Waals surface area contributed by atoms with E-state index in [2.05, 4.69) is 15.6 Å². The third-order valence-corrected chi connectivity index (χ3v) is 3.65. The maximum absolute atomic E-state index is 12.7. The van der Waals surface area contributed by atoms with Gasteiger partial charge < -0.3 is 15.4 Å². The lowest BCUT2D eigenvalue weighted by Crippen LogP contribution is -2.51. The normalized spacial score (nSPS) is 21.5. The summed E-state index contributed by atoms with van der Waals surface area (Å²) in [5.41, 5.74) is 0.684. The first kappa shape index (κ1) is 18.3. The number of halogens is 4. The molecule has 9 heteroatoms. The van der Waals surface area contributed by atoms with Crippen LogP contribution < -0.4 is 15.4 Å². The number of ether oxygens (including phenoxy) is 1. The molecular formula is C15H19F4N3O2. The van der Waals surface area contributed by atoms with E-state index >= 15 is 0 Å². The number of pyridine rings is 1. The van der Waals surface area contributed by atoms with Gasteiger partial charge in [-0.1, -0.05) is 0 Å². The highest BCUT2D eigenvalue weighted by atomic mass is 19.4. The summed E-state index contributed by atoms with van der Waals surface area (Å²) in [6, 6.07) is 2.22. The SMILES string of the molecule is C[C@H](F)COc1cc(CNC(=O)NC2CC(C(F)(F)F)C2)ccn1. The van der Waals surface area contributed by atoms with E-state index in [0.717, 1.165) is 0 Å². The number of urea groups is 1. The molecule has 2 rings (SSSR count). The van der Waals surface area contributed by atoms with Gasteiger partial charge in [0.15, 0.2) is 0 Å². The highest BCUT2D eigenvalue weighted by molar-refractivity contribution is 5.74. The van der Waals surface area contributed by atoms with Crippen molar-refractivity contribution in [1.82, 2.24) is 15.6 Å². The lowest BCUT2D eigenvalue weighted by Gasteiger charge is -2.36. The Morgan fingerprint density at radius 2 is 2.17 bits per heavy atom. The molecule has 0 spiro atoms. The van der Waals surface area contributed by atoms with Crippen LogP contribution >= 0.6 is 0 Å². The Hall–Kier alpha value is -2.06. The average molecular weight is 349 g/mol. The Labute approximate surface area is 136 Å². The minimum absolute atomic E-state index is 0.0917. The zero-order chi connectivity index (χ0) is 17.7. The number of alkyl halides is 4. The summed E-state index contributed by atoms with van der Waals surface area (Å²) in [6.07, 6.45) is -4.04. The minimum atomic E-state index is -4.20. The van der Waals surface area contributed by atoms with Crippen molar-refractivity contribution >= 4 is 6.03 Å². The van der Waals surface area contributed by atoms with Crippen molar-refractivity contribution in [1.29, 1.82) is 0 Å². The van der Waals surface area contributed by atoms with Crippen molar-refractivity contribution < 1.29 is 27.1 Å². The van der Waals surface area contributed by atoms with E-state index in [4.69, 9.17) is 4.74 Å². The second-order valence-corrected chi connectivity index (χ2v) is 5.83. The maximum Gasteiger partial charge on any atom is 0.391 e. The highest BCUT2D eigenvalue weighted by Crippen LogP contribution is 2.40. The van der Waals surface area contributed by atoms with E-state index in [1.165, 1.54) is 13.1 Å². The fraction of sp³-hybridized carbons (Fsp3) is 0.600. The molecule has 2 N–H and O–H groups in total. The Balaban J connectivity index is 1.71. The van der Waals surface area contributed by atoms with E-state index in [-0.39, 0.29) is 31.9 Å². The molecule has 1 aliphatic rings. The van der Waals surface area contributed by atoms with Gasteiger partial charge >= 0.3 is 12.2 Å². The second kappa shape index (κ2) is 7.67. The van der Waals surface area contributed by atoms with Crippen LogP contribution in [0.1, 0.15) is 25.3 Å². The fourth-order valence-electron chi connectivity index (χ4n) is 2.26. The summed E-state index contributed by atoms with van der Waals surface area (Å²) in [5.74, 6) is -1.09. The number of nitrogens with one attached hydrogen (secondary N) is 2. The van der Waals surface area contributed by atoms with Crippen LogP contribution in [0.3, 0.4) is 0 Å². The van der Waals surface area contributed by atoms with Crippen LogP contribution in [-0.4, -0.2) is 36.0 Å². The molecule has 1 aromatic rings. The highest BCUT2D eigenvalue weighted by Gasteiger charge is 2.48. The third-order valence-electron chi connectivity index (χ3n) is 3.65. The summed E-state index contributed by atoms with van der Waals surface area (Å²) in [7, 11) is 0. The molecule has 5 nitrogen and oxygen atoms in total. The van der Waals surface area contributed by atoms with Gasteiger partial charge in [-0.3, -0.25) is 0 Å². The number of hydrogen-bond acceptors (Lipinski definition) is 3. The number of rotatable bonds is 6. The van der Waals surface area contributed by atoms with E-state index in [9.17, 15) is 22.4 Å². The maximum atomic E-state index is 12.7. The van der Waals surface area contributed by atoms with Crippen LogP contribution in [0.4, 0.5) is 22.4 Å². The van der Waals surface area contributed by atoms with Crippen LogP contribution in [-0.2, 0) is 6.54 Å². The van der Waals surface area contributed by atoms with Gasteiger partial charge in [-0.15, -0.1) is 0 Å². The molecule has 0 radical (unpaired) electrons. The summed E-state index contributed by atoms with van der Waals surface area (Å²) in [4.78, 5) is 15.6. The van der Waals surface area contributed by atoms with Crippen LogP contribution in [0.5, 0.6) is 5.88 Å². The van der Waals surface area contributed by atoms with Crippen molar-refractivity contribution in [2.75, 3.05) is 6.61 Å². The van der Waals surface area contributed by atoms with Gasteiger partial charge in [-0.05, 0) is 31.4 Å². The summed E-state index contributed by atoms with van der Waals surface area (Å²) in [5, 5.41) is 5.05. The molecule has 0 saturated heterocycles. The number of carbonyl (C=O) groups is 1. The van der Waals surface area contributed by atoms with Gasteiger partial charge in [0.05, 0.1) is 5.92 Å². The smallest absolute Gasteiger partial charge is 0.391 e. The standard InChI is InChI=1S/C15H19F4N3O2/c1-9(16)8-24-13-4-10(2-3-20-13)7-21-14(23)22-12-5-11(6-12)15(17,18)19/h2-4,9,11-12H,5-8H2,1H3,(H2,21,22,23)/t9-,11?,12?/m0/s1. The summed E-state index contributed by atoms with van der Waals surface area (Å²) < 4.78 is 54.9. The van der Waals surface area contributed by atoms with Gasteiger partial charge in [0.1, 0.15) is 12.8 Å². The van der Waals surface area contributed by atoms with Gasteiger partial charge in [0, 0.05) is 24.8 Å². The molecule has 0 bridgehead atoms. The minimum Gasteiger partial charge on any atom is -0.475 e. The fourth-order valence-corrected chi connectivity index (χ4v) is 2.26. The zero-order valence-electron chi connectivity index (χ0n) is 13.1. The Kier molecular flexibility index (Phi) is 5.84. The van der Waals surface area contributed by atoms with Crippen LogP contribution in [0.15, 0.2) is 18.3 Å². The molecule has 1 heterocycles. The molecule has 0 aromatic carbocycles. The van der Waals surface area contributed by atoms with Gasteiger partial charge in [0.25, 0.3) is 0 Å². The van der Waals surface area contributed by atoms with E-state index < -0.39 is 30.3 Å². The van der Waals surface area contributed by atoms with Crippen molar-refractivity contribution in [2.45, 2.75) is 44.7 Å². The van der Waals surface area contributed by atoms with E-state index in [1.807, 2.05) is 0 Å². The van der Waals surface area contributed by atoms with Crippen molar-refractivity contribution in [2.24, 2.45) is 5.92 Å².